The monoisotopic (exact) mass is 316 g/mol. The Kier molecular flexibility index (Phi) is 4.88. The molecule has 0 unspecified atom stereocenters. The number of carbonyl (C=O) groups excluding carboxylic acids is 2. The van der Waals surface area contributed by atoms with E-state index >= 15 is 0 Å². The molecule has 6 heteroatoms. The molecule has 1 aromatic rings. The molecule has 1 aliphatic heterocycles. The Morgan fingerprint density at radius 1 is 1.39 bits per heavy atom. The second-order valence-corrected chi connectivity index (χ2v) is 6.67. The molecule has 0 radical (unpaired) electrons. The van der Waals surface area contributed by atoms with Crippen LogP contribution in [0, 0.1) is 30.6 Å². The Morgan fingerprint density at radius 3 is 2.65 bits per heavy atom. The molecule has 2 heterocycles. The fraction of sp³-hybridized carbons (Fsp3) is 0.647. The van der Waals surface area contributed by atoms with Gasteiger partial charge < -0.3 is 4.90 Å². The Morgan fingerprint density at radius 2 is 2.09 bits per heavy atom. The summed E-state index contributed by atoms with van der Waals surface area (Å²) in [6, 6.07) is 2.32. The molecule has 1 fully saturated rings. The zero-order valence-electron chi connectivity index (χ0n) is 14.3. The second kappa shape index (κ2) is 6.53. The molecule has 124 valence electrons. The molecule has 0 aromatic carbocycles. The lowest BCUT2D eigenvalue weighted by atomic mass is 9.83. The first-order valence-electron chi connectivity index (χ1n) is 8.01. The molecular weight excluding hydrogens is 292 g/mol. The van der Waals surface area contributed by atoms with Crippen molar-refractivity contribution < 1.29 is 9.59 Å². The van der Waals surface area contributed by atoms with Crippen LogP contribution in [-0.4, -0.2) is 39.5 Å². The van der Waals surface area contributed by atoms with Crippen LogP contribution in [0.15, 0.2) is 0 Å². The van der Waals surface area contributed by atoms with E-state index in [1.807, 2.05) is 20.8 Å². The quantitative estimate of drug-likeness (QED) is 0.798. The Hall–Kier alpha value is -2.16. The van der Waals surface area contributed by atoms with E-state index in [0.29, 0.717) is 37.3 Å². The average molecular weight is 316 g/mol. The summed E-state index contributed by atoms with van der Waals surface area (Å²) in [5, 5.41) is 13.6. The number of hydrogen-bond acceptors (Lipinski definition) is 4. The highest BCUT2D eigenvalue weighted by molar-refractivity contribution is 5.96. The Bertz CT molecular complexity index is 671. The molecule has 1 atom stereocenters. The topological polar surface area (TPSA) is 79.0 Å². The van der Waals surface area contributed by atoms with Crippen LogP contribution in [0.1, 0.15) is 54.9 Å². The first-order chi connectivity index (χ1) is 10.8. The van der Waals surface area contributed by atoms with Gasteiger partial charge in [-0.05, 0) is 40.5 Å². The minimum absolute atomic E-state index is 0.00149. The highest BCUT2D eigenvalue weighted by Gasteiger charge is 2.33. The fourth-order valence-corrected chi connectivity index (χ4v) is 3.33. The van der Waals surface area contributed by atoms with Gasteiger partial charge in [-0.3, -0.25) is 14.3 Å². The normalized spacial score (nSPS) is 21.1. The van der Waals surface area contributed by atoms with Crippen molar-refractivity contribution >= 4 is 11.7 Å². The lowest BCUT2D eigenvalue weighted by Crippen LogP contribution is -2.44. The van der Waals surface area contributed by atoms with Crippen LogP contribution in [0.3, 0.4) is 0 Å². The molecule has 0 aliphatic carbocycles. The number of nitriles is 1. The summed E-state index contributed by atoms with van der Waals surface area (Å²) in [7, 11) is 0. The van der Waals surface area contributed by atoms with Gasteiger partial charge in [0.15, 0.2) is 5.78 Å². The van der Waals surface area contributed by atoms with E-state index in [1.165, 1.54) is 6.92 Å². The fourth-order valence-electron chi connectivity index (χ4n) is 3.33. The highest BCUT2D eigenvalue weighted by atomic mass is 16.2. The number of carbonyl (C=O) groups is 2. The van der Waals surface area contributed by atoms with E-state index in [0.717, 1.165) is 18.5 Å². The maximum atomic E-state index is 12.4. The molecule has 23 heavy (non-hydrogen) atoms. The van der Waals surface area contributed by atoms with E-state index in [-0.39, 0.29) is 11.7 Å². The second-order valence-electron chi connectivity index (χ2n) is 6.67. The van der Waals surface area contributed by atoms with E-state index in [2.05, 4.69) is 11.2 Å². The predicted octanol–water partition coefficient (Wildman–Crippen LogP) is 2.24. The van der Waals surface area contributed by atoms with Gasteiger partial charge in [-0.2, -0.15) is 10.4 Å². The largest absolute Gasteiger partial charge is 0.341 e. The van der Waals surface area contributed by atoms with Crippen LogP contribution < -0.4 is 0 Å². The molecule has 0 saturated carbocycles. The van der Waals surface area contributed by atoms with Crippen molar-refractivity contribution in [3.8, 4) is 6.07 Å². The number of aryl methyl sites for hydroxylation is 2. The number of likely N-dealkylation sites (tertiary alicyclic amines) is 1. The van der Waals surface area contributed by atoms with Gasteiger partial charge in [0.05, 0.1) is 22.7 Å². The maximum absolute atomic E-state index is 12.4. The van der Waals surface area contributed by atoms with Crippen molar-refractivity contribution in [2.75, 3.05) is 13.1 Å². The summed E-state index contributed by atoms with van der Waals surface area (Å²) in [6.45, 7) is 8.78. The van der Waals surface area contributed by atoms with Crippen LogP contribution in [0.2, 0.25) is 0 Å². The third-order valence-electron chi connectivity index (χ3n) is 4.59. The average Bonchev–Trinajstić information content (AvgIpc) is 2.79. The predicted molar refractivity (Wildman–Crippen MR) is 85.9 cm³/mol. The number of amides is 1. The summed E-state index contributed by atoms with van der Waals surface area (Å²) in [6.07, 6.45) is 2.04. The summed E-state index contributed by atoms with van der Waals surface area (Å²) in [5.74, 6) is 0.0431. The number of ketones is 1. The molecule has 0 N–H and O–H groups in total. The number of aromatic nitrogens is 2. The minimum atomic E-state index is -0.437. The van der Waals surface area contributed by atoms with Gasteiger partial charge in [-0.15, -0.1) is 0 Å². The lowest BCUT2D eigenvalue weighted by molar-refractivity contribution is -0.134. The number of hydrogen-bond donors (Lipinski definition) is 0. The molecule has 6 nitrogen and oxygen atoms in total. The molecule has 0 bridgehead atoms. The van der Waals surface area contributed by atoms with Crippen LogP contribution in [0.5, 0.6) is 0 Å². The van der Waals surface area contributed by atoms with E-state index in [4.69, 9.17) is 0 Å². The first-order valence-corrected chi connectivity index (χ1v) is 8.01. The van der Waals surface area contributed by atoms with Gasteiger partial charge in [0.25, 0.3) is 0 Å². The van der Waals surface area contributed by atoms with Gasteiger partial charge in [0.1, 0.15) is 0 Å². The van der Waals surface area contributed by atoms with Crippen molar-refractivity contribution in [3.63, 3.8) is 0 Å². The van der Waals surface area contributed by atoms with E-state index in [1.54, 1.807) is 9.58 Å². The van der Waals surface area contributed by atoms with E-state index < -0.39 is 5.41 Å². The molecule has 1 amide bonds. The SMILES string of the molecule is CC(=O)c1c(C)nn(CCC(=O)N2CCC[C@@](C)(C#N)C2)c1C. The van der Waals surface area contributed by atoms with Crippen LogP contribution in [-0.2, 0) is 11.3 Å². The van der Waals surface area contributed by atoms with Crippen molar-refractivity contribution in [2.24, 2.45) is 5.41 Å². The van der Waals surface area contributed by atoms with Gasteiger partial charge in [0.2, 0.25) is 5.91 Å². The third-order valence-corrected chi connectivity index (χ3v) is 4.59. The van der Waals surface area contributed by atoms with E-state index in [9.17, 15) is 14.9 Å². The first kappa shape index (κ1) is 17.2. The summed E-state index contributed by atoms with van der Waals surface area (Å²) in [4.78, 5) is 25.8. The highest BCUT2D eigenvalue weighted by Crippen LogP contribution is 2.28. The van der Waals surface area contributed by atoms with Gasteiger partial charge >= 0.3 is 0 Å². The molecule has 2 rings (SSSR count). The van der Waals surface area contributed by atoms with Crippen molar-refractivity contribution in [2.45, 2.75) is 53.5 Å². The zero-order valence-corrected chi connectivity index (χ0v) is 14.3. The van der Waals surface area contributed by atoms with Gasteiger partial charge in [-0.25, -0.2) is 0 Å². The number of nitrogens with zero attached hydrogens (tertiary/aromatic N) is 4. The summed E-state index contributed by atoms with van der Waals surface area (Å²) < 4.78 is 1.73. The number of rotatable bonds is 4. The molecule has 0 spiro atoms. The standard InChI is InChI=1S/C17H24N4O2/c1-12-16(14(3)22)13(2)21(19-12)9-6-15(23)20-8-5-7-17(4,10-18)11-20/h5-9,11H2,1-4H3/t17-/m0/s1. The minimum Gasteiger partial charge on any atom is -0.341 e. The smallest absolute Gasteiger partial charge is 0.224 e. The molecule has 1 saturated heterocycles. The molecule has 1 aliphatic rings. The van der Waals surface area contributed by atoms with Crippen molar-refractivity contribution in [1.29, 1.82) is 5.26 Å². The molecule has 1 aromatic heterocycles. The van der Waals surface area contributed by atoms with Crippen molar-refractivity contribution in [1.82, 2.24) is 14.7 Å². The maximum Gasteiger partial charge on any atom is 0.224 e. The van der Waals surface area contributed by atoms with Crippen LogP contribution >= 0.6 is 0 Å². The summed E-state index contributed by atoms with van der Waals surface area (Å²) >= 11 is 0. The molecular formula is C17H24N4O2. The number of piperidine rings is 1. The Balaban J connectivity index is 2.01. The Labute approximate surface area is 137 Å². The van der Waals surface area contributed by atoms with Crippen molar-refractivity contribution in [3.05, 3.63) is 17.0 Å². The number of Topliss-reactive ketones (excluding diaryl/α,β-unsaturated/α-hetero) is 1. The van der Waals surface area contributed by atoms with Gasteiger partial charge in [-0.1, -0.05) is 0 Å². The third kappa shape index (κ3) is 3.61. The van der Waals surface area contributed by atoms with Crippen LogP contribution in [0.25, 0.3) is 0 Å². The lowest BCUT2D eigenvalue weighted by Gasteiger charge is -2.36. The zero-order chi connectivity index (χ0) is 17.2. The van der Waals surface area contributed by atoms with Gasteiger partial charge in [0, 0.05) is 31.7 Å². The summed E-state index contributed by atoms with van der Waals surface area (Å²) in [5.41, 5.74) is 1.72. The van der Waals surface area contributed by atoms with Crippen LogP contribution in [0.4, 0.5) is 0 Å².